The second-order valence-electron chi connectivity index (χ2n) is 4.56. The van der Waals surface area contributed by atoms with Crippen LogP contribution in [0.4, 0.5) is 0 Å². The van der Waals surface area contributed by atoms with Gasteiger partial charge in [-0.25, -0.2) is 8.42 Å². The summed E-state index contributed by atoms with van der Waals surface area (Å²) >= 11 is 0. The normalized spacial score (nSPS) is 12.2. The van der Waals surface area contributed by atoms with Gasteiger partial charge in [-0.05, 0) is 12.8 Å². The molecule has 112 valence electrons. The van der Waals surface area contributed by atoms with Crippen molar-refractivity contribution in [3.63, 3.8) is 0 Å². The summed E-state index contributed by atoms with van der Waals surface area (Å²) in [7, 11) is -3.12. The number of carbonyl (C=O) groups excluding carboxylic acids is 1. The molecular weight excluding hydrogens is 270 g/mol. The summed E-state index contributed by atoms with van der Waals surface area (Å²) in [6.45, 7) is 5.03. The predicted octanol–water partition coefficient (Wildman–Crippen LogP) is 0.818. The van der Waals surface area contributed by atoms with Crippen molar-refractivity contribution in [2.24, 2.45) is 5.41 Å². The van der Waals surface area contributed by atoms with Crippen LogP contribution in [0, 0.1) is 5.41 Å². The smallest absolute Gasteiger partial charge is 0.310 e. The number of sulfone groups is 1. The van der Waals surface area contributed by atoms with Crippen LogP contribution in [-0.4, -0.2) is 43.5 Å². The number of carboxylic acids is 1. The van der Waals surface area contributed by atoms with E-state index >= 15 is 0 Å². The van der Waals surface area contributed by atoms with Gasteiger partial charge in [-0.15, -0.1) is 0 Å². The average molecular weight is 293 g/mol. The number of aliphatic carboxylic acids is 1. The van der Waals surface area contributed by atoms with Gasteiger partial charge in [0, 0.05) is 18.7 Å². The van der Waals surface area contributed by atoms with Crippen molar-refractivity contribution in [1.29, 1.82) is 0 Å². The van der Waals surface area contributed by atoms with Crippen LogP contribution in [0.1, 0.15) is 40.0 Å². The first-order valence-electron chi connectivity index (χ1n) is 6.43. The van der Waals surface area contributed by atoms with Gasteiger partial charge in [0.1, 0.15) is 0 Å². The molecule has 0 unspecified atom stereocenters. The van der Waals surface area contributed by atoms with E-state index in [4.69, 9.17) is 0 Å². The van der Waals surface area contributed by atoms with E-state index in [1.807, 2.05) is 0 Å². The molecule has 0 aliphatic rings. The van der Waals surface area contributed by atoms with Crippen molar-refractivity contribution < 1.29 is 23.1 Å². The molecule has 0 saturated carbocycles. The molecule has 1 amide bonds. The van der Waals surface area contributed by atoms with Crippen LogP contribution >= 0.6 is 0 Å². The fourth-order valence-electron chi connectivity index (χ4n) is 1.74. The van der Waals surface area contributed by atoms with Crippen molar-refractivity contribution in [1.82, 2.24) is 5.32 Å². The molecule has 2 N–H and O–H groups in total. The molecule has 0 bridgehead atoms. The molecule has 0 heterocycles. The van der Waals surface area contributed by atoms with Gasteiger partial charge in [0.15, 0.2) is 9.84 Å². The van der Waals surface area contributed by atoms with Crippen molar-refractivity contribution in [2.75, 3.05) is 18.1 Å². The molecule has 7 heteroatoms. The minimum absolute atomic E-state index is 0.0259. The first kappa shape index (κ1) is 17.9. The van der Waals surface area contributed by atoms with E-state index in [0.717, 1.165) is 0 Å². The Morgan fingerprint density at radius 2 is 1.68 bits per heavy atom. The first-order chi connectivity index (χ1) is 8.73. The summed E-state index contributed by atoms with van der Waals surface area (Å²) in [4.78, 5) is 22.9. The Balaban J connectivity index is 4.42. The zero-order chi connectivity index (χ0) is 15.1. The molecule has 0 aromatic rings. The Kier molecular flexibility index (Phi) is 7.04. The van der Waals surface area contributed by atoms with E-state index in [1.165, 1.54) is 0 Å². The molecule has 0 fully saturated rings. The van der Waals surface area contributed by atoms with E-state index in [0.29, 0.717) is 12.8 Å². The molecule has 0 rings (SSSR count). The fraction of sp³-hybridized carbons (Fsp3) is 0.833. The summed E-state index contributed by atoms with van der Waals surface area (Å²) in [5.41, 5.74) is -1.06. The van der Waals surface area contributed by atoms with Crippen LogP contribution < -0.4 is 5.32 Å². The van der Waals surface area contributed by atoms with E-state index in [1.54, 1.807) is 20.8 Å². The highest BCUT2D eigenvalue weighted by molar-refractivity contribution is 7.91. The number of rotatable bonds is 9. The molecule has 19 heavy (non-hydrogen) atoms. The third-order valence-corrected chi connectivity index (χ3v) is 5.19. The number of nitrogens with one attached hydrogen (secondary N) is 1. The number of hydrogen-bond donors (Lipinski definition) is 2. The van der Waals surface area contributed by atoms with Crippen molar-refractivity contribution in [3.8, 4) is 0 Å². The maximum atomic E-state index is 11.7. The first-order valence-corrected chi connectivity index (χ1v) is 8.25. The second kappa shape index (κ2) is 7.47. The van der Waals surface area contributed by atoms with Crippen LogP contribution in [0.5, 0.6) is 0 Å². The van der Waals surface area contributed by atoms with E-state index < -0.39 is 27.1 Å². The fourth-order valence-corrected chi connectivity index (χ4v) is 2.44. The minimum Gasteiger partial charge on any atom is -0.481 e. The molecule has 0 spiro atoms. The van der Waals surface area contributed by atoms with E-state index in [-0.39, 0.29) is 24.5 Å². The van der Waals surface area contributed by atoms with Gasteiger partial charge < -0.3 is 10.4 Å². The number of hydrogen-bond acceptors (Lipinski definition) is 4. The summed E-state index contributed by atoms with van der Waals surface area (Å²) in [6, 6.07) is 0. The van der Waals surface area contributed by atoms with Gasteiger partial charge in [0.2, 0.25) is 5.91 Å². The van der Waals surface area contributed by atoms with Gasteiger partial charge in [-0.2, -0.15) is 0 Å². The molecule has 0 aromatic carbocycles. The molecule has 0 radical (unpaired) electrons. The molecule has 0 aliphatic carbocycles. The lowest BCUT2D eigenvalue weighted by Gasteiger charge is -2.25. The molecular formula is C12H23NO5S. The van der Waals surface area contributed by atoms with Crippen LogP contribution in [0.25, 0.3) is 0 Å². The summed E-state index contributed by atoms with van der Waals surface area (Å²) in [6.07, 6.45) is 0.598. The molecule has 6 nitrogen and oxygen atoms in total. The van der Waals surface area contributed by atoms with Crippen LogP contribution in [-0.2, 0) is 19.4 Å². The lowest BCUT2D eigenvalue weighted by atomic mass is 9.79. The maximum Gasteiger partial charge on any atom is 0.310 e. The topological polar surface area (TPSA) is 101 Å². The Bertz CT molecular complexity index is 412. The molecule has 0 saturated heterocycles. The zero-order valence-electron chi connectivity index (χ0n) is 11.7. The maximum absolute atomic E-state index is 11.7. The highest BCUT2D eigenvalue weighted by atomic mass is 32.2. The Morgan fingerprint density at radius 3 is 2.05 bits per heavy atom. The molecule has 0 aromatic heterocycles. The van der Waals surface area contributed by atoms with Crippen LogP contribution in [0.15, 0.2) is 0 Å². The second-order valence-corrected chi connectivity index (χ2v) is 7.03. The summed E-state index contributed by atoms with van der Waals surface area (Å²) in [5, 5.41) is 11.7. The molecule has 0 atom stereocenters. The van der Waals surface area contributed by atoms with Crippen molar-refractivity contribution >= 4 is 21.7 Å². The van der Waals surface area contributed by atoms with E-state index in [2.05, 4.69) is 5.32 Å². The lowest BCUT2D eigenvalue weighted by Crippen LogP contribution is -2.38. The monoisotopic (exact) mass is 293 g/mol. The number of carbonyl (C=O) groups is 2. The van der Waals surface area contributed by atoms with Gasteiger partial charge in [-0.1, -0.05) is 20.8 Å². The van der Waals surface area contributed by atoms with Crippen molar-refractivity contribution in [2.45, 2.75) is 40.0 Å². The Morgan fingerprint density at radius 1 is 1.16 bits per heavy atom. The van der Waals surface area contributed by atoms with Gasteiger partial charge in [0.05, 0.1) is 11.2 Å². The van der Waals surface area contributed by atoms with E-state index in [9.17, 15) is 23.1 Å². The van der Waals surface area contributed by atoms with Crippen LogP contribution in [0.2, 0.25) is 0 Å². The van der Waals surface area contributed by atoms with Crippen molar-refractivity contribution in [3.05, 3.63) is 0 Å². The van der Waals surface area contributed by atoms with Gasteiger partial charge in [0.25, 0.3) is 0 Å². The SMILES string of the molecule is CCC(CC)(CC(=O)NCCS(=O)(=O)CC)C(=O)O. The summed E-state index contributed by atoms with van der Waals surface area (Å²) < 4.78 is 22.5. The standard InChI is InChI=1S/C12H23NO5S/c1-4-12(5-2,11(15)16)9-10(14)13-7-8-19(17,18)6-3/h4-9H2,1-3H3,(H,13,14)(H,15,16). The lowest BCUT2D eigenvalue weighted by molar-refractivity contribution is -0.152. The molecule has 0 aliphatic heterocycles. The summed E-state index contributed by atoms with van der Waals surface area (Å²) in [5.74, 6) is -1.49. The third kappa shape index (κ3) is 5.59. The average Bonchev–Trinajstić information content (AvgIpc) is 2.35. The minimum atomic E-state index is -3.12. The number of carboxylic acid groups (broad SMARTS) is 1. The third-order valence-electron chi connectivity index (χ3n) is 3.48. The van der Waals surface area contributed by atoms with Gasteiger partial charge >= 0.3 is 5.97 Å². The Hall–Kier alpha value is -1.11. The highest BCUT2D eigenvalue weighted by Gasteiger charge is 2.37. The predicted molar refractivity (Wildman–Crippen MR) is 72.6 cm³/mol. The quantitative estimate of drug-likeness (QED) is 0.655. The van der Waals surface area contributed by atoms with Gasteiger partial charge in [-0.3, -0.25) is 9.59 Å². The van der Waals surface area contributed by atoms with Crippen LogP contribution in [0.3, 0.4) is 0 Å². The number of amides is 1. The largest absolute Gasteiger partial charge is 0.481 e. The Labute approximate surface area is 114 Å². The zero-order valence-corrected chi connectivity index (χ0v) is 12.5. The highest BCUT2D eigenvalue weighted by Crippen LogP contribution is 2.30.